The number of hydrogen-bond acceptors (Lipinski definition) is 4. The van der Waals surface area contributed by atoms with Crippen LogP contribution in [0, 0.1) is 23.0 Å². The molecule has 148 valence electrons. The summed E-state index contributed by atoms with van der Waals surface area (Å²) >= 11 is 0. The van der Waals surface area contributed by atoms with Gasteiger partial charge in [-0.3, -0.25) is 4.79 Å². The number of likely N-dealkylation sites (tertiary alicyclic amines) is 1. The number of anilines is 1. The molecule has 0 saturated carbocycles. The van der Waals surface area contributed by atoms with Crippen molar-refractivity contribution in [1.82, 2.24) is 4.90 Å². The standard InChI is InChI=1S/C21H17F3N4O/c22-14-5-6-15(23)19-18(14)16(26)9-21(27-19)7-8-28(11-17(21)24)20(29)13-3-1-12(10-25)2-4-13/h1-6,9,17,27H,7-8,11,26H2/t17-,21+/m0/s1. The van der Waals surface area contributed by atoms with Gasteiger partial charge in [-0.15, -0.1) is 0 Å². The lowest BCUT2D eigenvalue weighted by Gasteiger charge is -2.46. The van der Waals surface area contributed by atoms with Crippen LogP contribution in [-0.4, -0.2) is 35.6 Å². The normalized spacial score (nSPS) is 23.0. The number of carbonyl (C=O) groups is 1. The summed E-state index contributed by atoms with van der Waals surface area (Å²) in [6.07, 6.45) is -0.0776. The highest BCUT2D eigenvalue weighted by molar-refractivity contribution is 5.94. The Balaban J connectivity index is 1.58. The fraction of sp³-hybridized carbons (Fsp3) is 0.238. The molecule has 0 aliphatic carbocycles. The molecule has 2 heterocycles. The van der Waals surface area contributed by atoms with Gasteiger partial charge in [-0.2, -0.15) is 5.26 Å². The zero-order chi connectivity index (χ0) is 20.8. The van der Waals surface area contributed by atoms with Gasteiger partial charge in [0.2, 0.25) is 0 Å². The number of alkyl halides is 1. The second kappa shape index (κ2) is 6.85. The molecule has 1 fully saturated rings. The van der Waals surface area contributed by atoms with E-state index in [1.54, 1.807) is 0 Å². The summed E-state index contributed by atoms with van der Waals surface area (Å²) in [6.45, 7) is -0.0375. The Morgan fingerprint density at radius 2 is 1.90 bits per heavy atom. The second-order valence-electron chi connectivity index (χ2n) is 7.20. The summed E-state index contributed by atoms with van der Waals surface area (Å²) in [5.41, 5.74) is 5.06. The van der Waals surface area contributed by atoms with Crippen LogP contribution >= 0.6 is 0 Å². The zero-order valence-electron chi connectivity index (χ0n) is 15.3. The number of nitrogens with one attached hydrogen (secondary N) is 1. The zero-order valence-corrected chi connectivity index (χ0v) is 15.3. The first-order chi connectivity index (χ1) is 13.8. The summed E-state index contributed by atoms with van der Waals surface area (Å²) in [7, 11) is 0. The Bertz CT molecular complexity index is 1060. The van der Waals surface area contributed by atoms with Crippen molar-refractivity contribution in [2.24, 2.45) is 5.73 Å². The van der Waals surface area contributed by atoms with Crippen molar-refractivity contribution in [2.45, 2.75) is 18.1 Å². The van der Waals surface area contributed by atoms with E-state index in [1.165, 1.54) is 35.2 Å². The molecule has 3 N–H and O–H groups in total. The number of rotatable bonds is 1. The molecule has 29 heavy (non-hydrogen) atoms. The third-order valence-corrected chi connectivity index (χ3v) is 5.45. The van der Waals surface area contributed by atoms with E-state index in [-0.39, 0.29) is 42.4 Å². The van der Waals surface area contributed by atoms with E-state index in [0.717, 1.165) is 12.1 Å². The lowest BCUT2D eigenvalue weighted by atomic mass is 9.81. The van der Waals surface area contributed by atoms with Gasteiger partial charge in [0.15, 0.2) is 0 Å². The number of nitrogens with zero attached hydrogens (tertiary/aromatic N) is 2. The molecule has 5 nitrogen and oxygen atoms in total. The number of carbonyl (C=O) groups excluding carboxylic acids is 1. The molecule has 2 aliphatic heterocycles. The Morgan fingerprint density at radius 3 is 2.55 bits per heavy atom. The fourth-order valence-electron chi connectivity index (χ4n) is 3.86. The minimum atomic E-state index is -1.59. The summed E-state index contributed by atoms with van der Waals surface area (Å²) < 4.78 is 43.6. The van der Waals surface area contributed by atoms with Crippen LogP contribution in [0.4, 0.5) is 18.9 Å². The van der Waals surface area contributed by atoms with Crippen molar-refractivity contribution in [3.63, 3.8) is 0 Å². The molecule has 2 aromatic carbocycles. The molecular weight excluding hydrogens is 381 g/mol. The Morgan fingerprint density at radius 1 is 1.21 bits per heavy atom. The maximum absolute atomic E-state index is 15.3. The summed E-state index contributed by atoms with van der Waals surface area (Å²) in [6, 6.07) is 9.98. The highest BCUT2D eigenvalue weighted by atomic mass is 19.1. The first-order valence-electron chi connectivity index (χ1n) is 9.03. The quantitative estimate of drug-likeness (QED) is 0.773. The highest BCUT2D eigenvalue weighted by Gasteiger charge is 2.46. The maximum atomic E-state index is 15.3. The first-order valence-corrected chi connectivity index (χ1v) is 9.03. The predicted octanol–water partition coefficient (Wildman–Crippen LogP) is 3.18. The molecular formula is C21H17F3N4O. The van der Waals surface area contributed by atoms with Gasteiger partial charge < -0.3 is 16.0 Å². The maximum Gasteiger partial charge on any atom is 0.253 e. The van der Waals surface area contributed by atoms with Crippen molar-refractivity contribution < 1.29 is 18.0 Å². The smallest absolute Gasteiger partial charge is 0.253 e. The molecule has 0 aromatic heterocycles. The molecule has 0 radical (unpaired) electrons. The van der Waals surface area contributed by atoms with E-state index < -0.39 is 23.3 Å². The van der Waals surface area contributed by atoms with Crippen molar-refractivity contribution in [3.05, 3.63) is 70.8 Å². The van der Waals surface area contributed by atoms with Crippen LogP contribution in [0.1, 0.15) is 27.9 Å². The monoisotopic (exact) mass is 398 g/mol. The number of hydrogen-bond donors (Lipinski definition) is 2. The van der Waals surface area contributed by atoms with E-state index in [2.05, 4.69) is 5.32 Å². The molecule has 2 atom stereocenters. The molecule has 2 aliphatic rings. The molecule has 8 heteroatoms. The summed E-state index contributed by atoms with van der Waals surface area (Å²) in [5.74, 6) is -1.78. The Labute approximate surface area is 165 Å². The van der Waals surface area contributed by atoms with E-state index in [0.29, 0.717) is 11.1 Å². The minimum Gasteiger partial charge on any atom is -0.398 e. The average Bonchev–Trinajstić information content (AvgIpc) is 2.72. The van der Waals surface area contributed by atoms with Gasteiger partial charge in [0.05, 0.1) is 35.0 Å². The Kier molecular flexibility index (Phi) is 4.46. The minimum absolute atomic E-state index is 0.0368. The largest absolute Gasteiger partial charge is 0.398 e. The number of halogens is 3. The van der Waals surface area contributed by atoms with Crippen LogP contribution in [-0.2, 0) is 0 Å². The van der Waals surface area contributed by atoms with Crippen LogP contribution in [0.3, 0.4) is 0 Å². The highest BCUT2D eigenvalue weighted by Crippen LogP contribution is 2.41. The van der Waals surface area contributed by atoms with Crippen molar-refractivity contribution in [2.75, 3.05) is 18.4 Å². The van der Waals surface area contributed by atoms with E-state index >= 15 is 4.39 Å². The van der Waals surface area contributed by atoms with Crippen LogP contribution < -0.4 is 11.1 Å². The fourth-order valence-corrected chi connectivity index (χ4v) is 3.86. The van der Waals surface area contributed by atoms with Crippen molar-refractivity contribution in [1.29, 1.82) is 5.26 Å². The topological polar surface area (TPSA) is 82.2 Å². The summed E-state index contributed by atoms with van der Waals surface area (Å²) in [4.78, 5) is 14.0. The SMILES string of the molecule is N#Cc1ccc(C(=O)N2CC[C@@]3(C=C(N)c4c(F)ccc(F)c4N3)[C@@H](F)C2)cc1. The lowest BCUT2D eigenvalue weighted by Crippen LogP contribution is -2.59. The van der Waals surface area contributed by atoms with Crippen molar-refractivity contribution in [3.8, 4) is 6.07 Å². The average molecular weight is 398 g/mol. The van der Waals surface area contributed by atoms with Crippen LogP contribution in [0.2, 0.25) is 0 Å². The van der Waals surface area contributed by atoms with E-state index in [4.69, 9.17) is 11.0 Å². The van der Waals surface area contributed by atoms with Gasteiger partial charge in [0.1, 0.15) is 17.8 Å². The third kappa shape index (κ3) is 3.09. The molecule has 0 bridgehead atoms. The van der Waals surface area contributed by atoms with Gasteiger partial charge in [-0.05, 0) is 48.9 Å². The Hall–Kier alpha value is -3.47. The number of piperidine rings is 1. The van der Waals surface area contributed by atoms with Gasteiger partial charge in [-0.1, -0.05) is 0 Å². The number of fused-ring (bicyclic) bond motifs is 1. The molecule has 1 spiro atoms. The molecule has 0 unspecified atom stereocenters. The number of nitrogens with two attached hydrogens (primary N) is 1. The van der Waals surface area contributed by atoms with Gasteiger partial charge in [-0.25, -0.2) is 13.2 Å². The van der Waals surface area contributed by atoms with Gasteiger partial charge in [0.25, 0.3) is 5.91 Å². The molecule has 4 rings (SSSR count). The van der Waals surface area contributed by atoms with Gasteiger partial charge in [0, 0.05) is 17.8 Å². The third-order valence-electron chi connectivity index (χ3n) is 5.45. The second-order valence-corrected chi connectivity index (χ2v) is 7.20. The molecule has 2 aromatic rings. The number of nitriles is 1. The van der Waals surface area contributed by atoms with E-state index in [9.17, 15) is 13.6 Å². The first kappa shape index (κ1) is 18.9. The predicted molar refractivity (Wildman–Crippen MR) is 101 cm³/mol. The van der Waals surface area contributed by atoms with Crippen LogP contribution in [0.5, 0.6) is 0 Å². The number of benzene rings is 2. The number of amides is 1. The van der Waals surface area contributed by atoms with Crippen molar-refractivity contribution >= 4 is 17.3 Å². The van der Waals surface area contributed by atoms with Crippen LogP contribution in [0.15, 0.2) is 42.5 Å². The van der Waals surface area contributed by atoms with E-state index in [1.807, 2.05) is 6.07 Å². The van der Waals surface area contributed by atoms with Gasteiger partial charge >= 0.3 is 0 Å². The summed E-state index contributed by atoms with van der Waals surface area (Å²) in [5, 5.41) is 11.6. The van der Waals surface area contributed by atoms with Crippen LogP contribution in [0.25, 0.3) is 5.70 Å². The molecule has 1 amide bonds. The lowest BCUT2D eigenvalue weighted by molar-refractivity contribution is 0.0549. The molecule has 1 saturated heterocycles.